The van der Waals surface area contributed by atoms with Gasteiger partial charge in [0.15, 0.2) is 11.5 Å². The van der Waals surface area contributed by atoms with Crippen LogP contribution < -0.4 is 14.9 Å². The minimum atomic E-state index is -1.47. The van der Waals surface area contributed by atoms with Crippen molar-refractivity contribution >= 4 is 23.4 Å². The van der Waals surface area contributed by atoms with Crippen LogP contribution in [0, 0.1) is 0 Å². The smallest absolute Gasteiger partial charge is 0.488 e. The summed E-state index contributed by atoms with van der Waals surface area (Å²) in [7, 11) is 1.69. The third-order valence-corrected chi connectivity index (χ3v) is 2.68. The van der Waals surface area contributed by atoms with Gasteiger partial charge in [0, 0.05) is 5.39 Å². The summed E-state index contributed by atoms with van der Waals surface area (Å²) in [5.41, 5.74) is 0.449. The molecule has 0 unspecified atom stereocenters. The summed E-state index contributed by atoms with van der Waals surface area (Å²) in [6, 6.07) is 8.78. The fourth-order valence-corrected chi connectivity index (χ4v) is 1.83. The van der Waals surface area contributed by atoms with Crippen molar-refractivity contribution in [2.24, 2.45) is 0 Å². The lowest BCUT2D eigenvalue weighted by atomic mass is 9.79. The molecule has 2 rings (SSSR count). The number of methoxy groups -OCH3 is 2. The molecule has 2 N–H and O–H groups in total. The van der Waals surface area contributed by atoms with Crippen LogP contribution in [0.3, 0.4) is 0 Å². The van der Waals surface area contributed by atoms with Gasteiger partial charge in [-0.3, -0.25) is 0 Å². The van der Waals surface area contributed by atoms with Crippen molar-refractivity contribution in [1.82, 2.24) is 0 Å². The number of fused-ring (bicyclic) bond motifs is 1. The quantitative estimate of drug-likeness (QED) is 0.758. The zero-order valence-corrected chi connectivity index (χ0v) is 9.68. The highest BCUT2D eigenvalue weighted by molar-refractivity contribution is 6.58. The van der Waals surface area contributed by atoms with Gasteiger partial charge in [-0.2, -0.15) is 0 Å². The Morgan fingerprint density at radius 1 is 1.00 bits per heavy atom. The Balaban J connectivity index is 2.66. The Hall–Kier alpha value is -1.72. The van der Waals surface area contributed by atoms with Gasteiger partial charge in [0.25, 0.3) is 0 Å². The molecule has 2 aromatic rings. The van der Waals surface area contributed by atoms with E-state index in [0.717, 1.165) is 10.8 Å². The van der Waals surface area contributed by atoms with Crippen molar-refractivity contribution in [1.29, 1.82) is 0 Å². The molecule has 0 aliphatic rings. The van der Waals surface area contributed by atoms with Crippen molar-refractivity contribution in [3.8, 4) is 11.5 Å². The molecule has 0 bridgehead atoms. The van der Waals surface area contributed by atoms with Gasteiger partial charge in [0.2, 0.25) is 0 Å². The van der Waals surface area contributed by atoms with Crippen LogP contribution in [0.15, 0.2) is 30.3 Å². The van der Waals surface area contributed by atoms with E-state index >= 15 is 0 Å². The van der Waals surface area contributed by atoms with Crippen LogP contribution in [0.25, 0.3) is 10.8 Å². The van der Waals surface area contributed by atoms with E-state index in [0.29, 0.717) is 17.0 Å². The van der Waals surface area contributed by atoms with Crippen LogP contribution in [0.4, 0.5) is 0 Å². The maximum absolute atomic E-state index is 9.11. The van der Waals surface area contributed by atoms with Crippen LogP contribution in [0.2, 0.25) is 0 Å². The average molecular weight is 232 g/mol. The first-order valence-corrected chi connectivity index (χ1v) is 5.18. The number of hydrogen-bond acceptors (Lipinski definition) is 4. The summed E-state index contributed by atoms with van der Waals surface area (Å²) < 4.78 is 10.5. The highest BCUT2D eigenvalue weighted by Crippen LogP contribution is 2.34. The first-order valence-electron chi connectivity index (χ1n) is 5.18. The molecule has 0 aromatic heterocycles. The summed E-state index contributed by atoms with van der Waals surface area (Å²) in [6.45, 7) is 0. The Bertz CT molecular complexity index is 539. The van der Waals surface area contributed by atoms with Crippen molar-refractivity contribution in [3.63, 3.8) is 0 Å². The van der Waals surface area contributed by atoms with Gasteiger partial charge in [-0.15, -0.1) is 0 Å². The molecular weight excluding hydrogens is 219 g/mol. The molecule has 0 heterocycles. The molecule has 0 aliphatic carbocycles. The fraction of sp³-hybridized carbons (Fsp3) is 0.167. The zero-order chi connectivity index (χ0) is 12.4. The van der Waals surface area contributed by atoms with E-state index in [1.165, 1.54) is 0 Å². The second-order valence-electron chi connectivity index (χ2n) is 3.66. The standard InChI is InChI=1S/C12H13BO4/c1-16-11-6-3-8-7-9(13(14)15)4-5-10(8)12(11)17-2/h3-7,14-15H,1-2H3. The van der Waals surface area contributed by atoms with E-state index in [1.807, 2.05) is 6.07 Å². The molecule has 0 amide bonds. The number of ether oxygens (including phenoxy) is 2. The van der Waals surface area contributed by atoms with E-state index in [-0.39, 0.29) is 0 Å². The minimum absolute atomic E-state index is 0.449. The maximum atomic E-state index is 9.11. The first kappa shape index (κ1) is 11.8. The van der Waals surface area contributed by atoms with Gasteiger partial charge in [-0.05, 0) is 16.9 Å². The number of benzene rings is 2. The first-order chi connectivity index (χ1) is 8.17. The minimum Gasteiger partial charge on any atom is -0.493 e. The van der Waals surface area contributed by atoms with Gasteiger partial charge in [0.1, 0.15) is 0 Å². The zero-order valence-electron chi connectivity index (χ0n) is 9.68. The van der Waals surface area contributed by atoms with Crippen molar-refractivity contribution in [2.45, 2.75) is 0 Å². The molecule has 0 fully saturated rings. The van der Waals surface area contributed by atoms with Crippen molar-refractivity contribution < 1.29 is 19.5 Å². The topological polar surface area (TPSA) is 58.9 Å². The summed E-state index contributed by atoms with van der Waals surface area (Å²) in [5, 5.41) is 20.0. The second-order valence-corrected chi connectivity index (χ2v) is 3.66. The molecule has 4 nitrogen and oxygen atoms in total. The van der Waals surface area contributed by atoms with Crippen LogP contribution >= 0.6 is 0 Å². The second kappa shape index (κ2) is 4.65. The predicted octanol–water partition coefficient (Wildman–Crippen LogP) is 0.537. The highest BCUT2D eigenvalue weighted by Gasteiger charge is 2.14. The lowest BCUT2D eigenvalue weighted by Crippen LogP contribution is -2.29. The predicted molar refractivity (Wildman–Crippen MR) is 66.9 cm³/mol. The van der Waals surface area contributed by atoms with Crippen LogP contribution in [-0.4, -0.2) is 31.4 Å². The molecule has 0 radical (unpaired) electrons. The molecule has 0 saturated heterocycles. The third-order valence-electron chi connectivity index (χ3n) is 2.68. The Morgan fingerprint density at radius 3 is 2.35 bits per heavy atom. The highest BCUT2D eigenvalue weighted by atomic mass is 16.5. The molecule has 5 heteroatoms. The SMILES string of the molecule is COc1ccc2cc(B(O)O)ccc2c1OC. The van der Waals surface area contributed by atoms with E-state index in [4.69, 9.17) is 19.5 Å². The largest absolute Gasteiger partial charge is 0.493 e. The summed E-state index contributed by atoms with van der Waals surface area (Å²) >= 11 is 0. The molecule has 0 atom stereocenters. The van der Waals surface area contributed by atoms with E-state index in [1.54, 1.807) is 38.5 Å². The average Bonchev–Trinajstić information content (AvgIpc) is 2.36. The van der Waals surface area contributed by atoms with E-state index in [2.05, 4.69) is 0 Å². The molecule has 0 aliphatic heterocycles. The lowest BCUT2D eigenvalue weighted by Gasteiger charge is -2.11. The van der Waals surface area contributed by atoms with Gasteiger partial charge in [0.05, 0.1) is 14.2 Å². The molecular formula is C12H13BO4. The van der Waals surface area contributed by atoms with Gasteiger partial charge in [-0.1, -0.05) is 24.3 Å². The van der Waals surface area contributed by atoms with Crippen molar-refractivity contribution in [2.75, 3.05) is 14.2 Å². The Kier molecular flexibility index (Phi) is 3.22. The Morgan fingerprint density at radius 2 is 1.76 bits per heavy atom. The summed E-state index contributed by atoms with van der Waals surface area (Å²) in [4.78, 5) is 0. The van der Waals surface area contributed by atoms with E-state index in [9.17, 15) is 0 Å². The van der Waals surface area contributed by atoms with Crippen LogP contribution in [-0.2, 0) is 0 Å². The molecule has 17 heavy (non-hydrogen) atoms. The molecule has 2 aromatic carbocycles. The maximum Gasteiger partial charge on any atom is 0.488 e. The molecule has 0 spiro atoms. The van der Waals surface area contributed by atoms with E-state index < -0.39 is 7.12 Å². The summed E-state index contributed by atoms with van der Waals surface area (Å²) in [6.07, 6.45) is 0. The lowest BCUT2D eigenvalue weighted by molar-refractivity contribution is 0.358. The van der Waals surface area contributed by atoms with Crippen LogP contribution in [0.1, 0.15) is 0 Å². The monoisotopic (exact) mass is 232 g/mol. The van der Waals surface area contributed by atoms with Crippen LogP contribution in [0.5, 0.6) is 11.5 Å². The van der Waals surface area contributed by atoms with Crippen molar-refractivity contribution in [3.05, 3.63) is 30.3 Å². The third kappa shape index (κ3) is 2.07. The number of hydrogen-bond donors (Lipinski definition) is 2. The molecule has 0 saturated carbocycles. The Labute approximate surface area is 99.6 Å². The normalized spacial score (nSPS) is 10.4. The van der Waals surface area contributed by atoms with Gasteiger partial charge in [-0.25, -0.2) is 0 Å². The van der Waals surface area contributed by atoms with Gasteiger partial charge < -0.3 is 19.5 Å². The molecule has 88 valence electrons. The fourth-order valence-electron chi connectivity index (χ4n) is 1.83. The summed E-state index contributed by atoms with van der Waals surface area (Å²) in [5.74, 6) is 1.29. The van der Waals surface area contributed by atoms with Gasteiger partial charge >= 0.3 is 7.12 Å². The number of rotatable bonds is 3.